The van der Waals surface area contributed by atoms with E-state index in [4.69, 9.17) is 18.9 Å². The third-order valence-corrected chi connectivity index (χ3v) is 7.43. The lowest BCUT2D eigenvalue weighted by atomic mass is 9.82. The molecule has 0 bridgehead atoms. The minimum absolute atomic E-state index is 0.0170. The Morgan fingerprint density at radius 1 is 1.24 bits per heavy atom. The molecule has 3 heterocycles. The number of aliphatic hydroxyl groups excluding tert-OH is 2. The van der Waals surface area contributed by atoms with E-state index in [1.165, 1.54) is 13.0 Å². The van der Waals surface area contributed by atoms with Crippen molar-refractivity contribution in [2.24, 2.45) is 5.92 Å². The number of aliphatic hydroxyl groups is 2. The highest BCUT2D eigenvalue weighted by molar-refractivity contribution is 5.87. The third-order valence-electron chi connectivity index (χ3n) is 7.43. The number of rotatable bonds is 9. The lowest BCUT2D eigenvalue weighted by Crippen LogP contribution is -2.56. The fourth-order valence-corrected chi connectivity index (χ4v) is 5.16. The minimum Gasteiger partial charge on any atom is -0.459 e. The third kappa shape index (κ3) is 7.97. The normalized spacial score (nSPS) is 39.2. The number of amides is 1. The second-order valence-electron chi connectivity index (χ2n) is 11.1. The predicted molar refractivity (Wildman–Crippen MR) is 138 cm³/mol. The van der Waals surface area contributed by atoms with Crippen LogP contribution in [0.3, 0.4) is 0 Å². The van der Waals surface area contributed by atoms with Crippen molar-refractivity contribution in [3.63, 3.8) is 0 Å². The molecule has 3 rings (SSSR count). The van der Waals surface area contributed by atoms with Gasteiger partial charge in [-0.05, 0) is 52.5 Å². The van der Waals surface area contributed by atoms with Gasteiger partial charge in [-0.1, -0.05) is 30.7 Å². The van der Waals surface area contributed by atoms with Crippen LogP contribution in [-0.2, 0) is 28.5 Å². The van der Waals surface area contributed by atoms with Gasteiger partial charge >= 0.3 is 5.97 Å². The van der Waals surface area contributed by atoms with Crippen LogP contribution >= 0.6 is 0 Å². The van der Waals surface area contributed by atoms with Gasteiger partial charge in [-0.15, -0.1) is 0 Å². The summed E-state index contributed by atoms with van der Waals surface area (Å²) in [5, 5.41) is 23.5. The number of esters is 1. The molecule has 0 radical (unpaired) electrons. The topological polar surface area (TPSA) is 127 Å². The molecular weight excluding hydrogens is 478 g/mol. The number of hydrogen-bond donors (Lipinski definition) is 3. The molecule has 9 atom stereocenters. The Bertz CT molecular complexity index is 910. The summed E-state index contributed by atoms with van der Waals surface area (Å²) in [6.07, 6.45) is 8.86. The monoisotopic (exact) mass is 521 g/mol. The standard InChI is InChI=1S/C28H43NO8/c1-17(8-11-24-26(33)28(16-34-28)14-27(6,15-30)37-24)7-10-23-18(2)13-22(20(4)36-23)29-25(32)12-9-19(3)35-21(5)31/h7-9,11-12,18-20,22-24,26,30,33H,10,13-16H2,1-6H3,(H,29,32)/b11-8+,12-9-,17-7+/t18-,19+,20+,22?,23-,24+,26+,27-,28+/m0/s1. The second-order valence-corrected chi connectivity index (χ2v) is 11.1. The van der Waals surface area contributed by atoms with Crippen LogP contribution in [0.15, 0.2) is 36.0 Å². The van der Waals surface area contributed by atoms with Crippen LogP contribution in [0.25, 0.3) is 0 Å². The number of carbonyl (C=O) groups is 2. The highest BCUT2D eigenvalue weighted by atomic mass is 16.6. The minimum atomic E-state index is -0.773. The maximum absolute atomic E-state index is 12.3. The van der Waals surface area contributed by atoms with Crippen molar-refractivity contribution in [1.82, 2.24) is 5.32 Å². The summed E-state index contributed by atoms with van der Waals surface area (Å²) in [4.78, 5) is 23.3. The maximum Gasteiger partial charge on any atom is 0.303 e. The van der Waals surface area contributed by atoms with Gasteiger partial charge in [-0.25, -0.2) is 0 Å². The summed E-state index contributed by atoms with van der Waals surface area (Å²) >= 11 is 0. The van der Waals surface area contributed by atoms with E-state index in [9.17, 15) is 19.8 Å². The summed E-state index contributed by atoms with van der Waals surface area (Å²) in [5.74, 6) is -0.398. The molecule has 3 fully saturated rings. The fraction of sp³-hybridized carbons (Fsp3) is 0.714. The average Bonchev–Trinajstić information content (AvgIpc) is 3.59. The van der Waals surface area contributed by atoms with Gasteiger partial charge < -0.3 is 34.5 Å². The molecule has 1 amide bonds. The smallest absolute Gasteiger partial charge is 0.303 e. The van der Waals surface area contributed by atoms with Gasteiger partial charge in [0.2, 0.25) is 5.91 Å². The van der Waals surface area contributed by atoms with Crippen LogP contribution in [0, 0.1) is 5.92 Å². The van der Waals surface area contributed by atoms with Crippen LogP contribution in [0.5, 0.6) is 0 Å². The fourth-order valence-electron chi connectivity index (χ4n) is 5.16. The van der Waals surface area contributed by atoms with Crippen molar-refractivity contribution in [2.45, 2.75) is 109 Å². The van der Waals surface area contributed by atoms with Crippen LogP contribution < -0.4 is 5.32 Å². The largest absolute Gasteiger partial charge is 0.459 e. The molecule has 37 heavy (non-hydrogen) atoms. The van der Waals surface area contributed by atoms with E-state index in [-0.39, 0.29) is 36.7 Å². The summed E-state index contributed by atoms with van der Waals surface area (Å²) in [6, 6.07) is -0.111. The SMILES string of the molecule is CC(=O)O[C@H](C)/C=C\C(=O)NC1C[C@H](C)[C@H](C/C=C(C)/C=C/[C@H]2O[C@](C)(CO)C[C@@]3(CO3)[C@@H]2O)O[C@@H]1C. The van der Waals surface area contributed by atoms with Crippen LogP contribution in [0.4, 0.5) is 0 Å². The molecule has 0 aliphatic carbocycles. The predicted octanol–water partition coefficient (Wildman–Crippen LogP) is 2.35. The molecule has 3 saturated heterocycles. The van der Waals surface area contributed by atoms with Gasteiger partial charge in [0.05, 0.1) is 37.1 Å². The van der Waals surface area contributed by atoms with Crippen LogP contribution in [0.2, 0.25) is 0 Å². The molecule has 0 aromatic heterocycles. The van der Waals surface area contributed by atoms with Crippen molar-refractivity contribution in [3.05, 3.63) is 36.0 Å². The first-order valence-corrected chi connectivity index (χ1v) is 13.1. The zero-order valence-electron chi connectivity index (χ0n) is 22.8. The van der Waals surface area contributed by atoms with Crippen molar-refractivity contribution in [2.75, 3.05) is 13.2 Å². The lowest BCUT2D eigenvalue weighted by molar-refractivity contribution is -0.192. The number of epoxide rings is 1. The van der Waals surface area contributed by atoms with Gasteiger partial charge in [-0.2, -0.15) is 0 Å². The Balaban J connectivity index is 1.50. The Morgan fingerprint density at radius 3 is 2.57 bits per heavy atom. The first-order chi connectivity index (χ1) is 17.4. The Hall–Kier alpha value is -2.04. The number of ether oxygens (including phenoxy) is 4. The number of allylic oxidation sites excluding steroid dienone is 2. The maximum atomic E-state index is 12.3. The quantitative estimate of drug-likeness (QED) is 0.183. The first kappa shape index (κ1) is 29.5. The van der Waals surface area contributed by atoms with Gasteiger partial charge in [-0.3, -0.25) is 9.59 Å². The summed E-state index contributed by atoms with van der Waals surface area (Å²) < 4.78 is 22.8. The molecule has 0 aromatic rings. The zero-order valence-corrected chi connectivity index (χ0v) is 22.8. The molecule has 9 heteroatoms. The number of nitrogens with one attached hydrogen (secondary N) is 1. The van der Waals surface area contributed by atoms with E-state index in [0.717, 1.165) is 18.4 Å². The number of hydrogen-bond acceptors (Lipinski definition) is 8. The summed E-state index contributed by atoms with van der Waals surface area (Å²) in [6.45, 7) is 11.3. The molecule has 208 valence electrons. The van der Waals surface area contributed by atoms with Gasteiger partial charge in [0, 0.05) is 19.4 Å². The van der Waals surface area contributed by atoms with Crippen molar-refractivity contribution in [1.29, 1.82) is 0 Å². The second kappa shape index (κ2) is 12.2. The van der Waals surface area contributed by atoms with E-state index in [0.29, 0.717) is 13.0 Å². The highest BCUT2D eigenvalue weighted by Crippen LogP contribution is 2.46. The first-order valence-electron chi connectivity index (χ1n) is 13.1. The molecule has 1 unspecified atom stereocenters. The summed E-state index contributed by atoms with van der Waals surface area (Å²) in [5.41, 5.74) is -0.345. The molecule has 0 aromatic carbocycles. The molecule has 9 nitrogen and oxygen atoms in total. The molecule has 3 aliphatic heterocycles. The van der Waals surface area contributed by atoms with E-state index < -0.39 is 35.5 Å². The highest BCUT2D eigenvalue weighted by Gasteiger charge is 2.61. The molecule has 1 spiro atoms. The Kier molecular flexibility index (Phi) is 9.74. The van der Waals surface area contributed by atoms with E-state index in [1.807, 2.05) is 32.9 Å². The molecule has 0 saturated carbocycles. The van der Waals surface area contributed by atoms with Crippen molar-refractivity contribution < 1.29 is 38.7 Å². The van der Waals surface area contributed by atoms with Gasteiger partial charge in [0.15, 0.2) is 0 Å². The lowest BCUT2D eigenvalue weighted by Gasteiger charge is -2.42. The summed E-state index contributed by atoms with van der Waals surface area (Å²) in [7, 11) is 0. The Labute approximate surface area is 219 Å². The zero-order chi connectivity index (χ0) is 27.4. The van der Waals surface area contributed by atoms with E-state index >= 15 is 0 Å². The van der Waals surface area contributed by atoms with E-state index in [2.05, 4.69) is 18.3 Å². The van der Waals surface area contributed by atoms with Gasteiger partial charge in [0.25, 0.3) is 0 Å². The molecular formula is C28H43NO8. The van der Waals surface area contributed by atoms with Crippen LogP contribution in [0.1, 0.15) is 60.8 Å². The van der Waals surface area contributed by atoms with E-state index in [1.54, 1.807) is 13.0 Å². The average molecular weight is 522 g/mol. The van der Waals surface area contributed by atoms with Crippen molar-refractivity contribution in [3.8, 4) is 0 Å². The van der Waals surface area contributed by atoms with Crippen LogP contribution in [-0.4, -0.2) is 83.1 Å². The molecule has 3 N–H and O–H groups in total. The Morgan fingerprint density at radius 2 is 1.95 bits per heavy atom. The van der Waals surface area contributed by atoms with Gasteiger partial charge in [0.1, 0.15) is 23.9 Å². The van der Waals surface area contributed by atoms with Crippen molar-refractivity contribution >= 4 is 11.9 Å². The molecule has 3 aliphatic rings. The number of carbonyl (C=O) groups excluding carboxylic acids is 2.